The summed E-state index contributed by atoms with van der Waals surface area (Å²) in [5.41, 5.74) is 6.83. The van der Waals surface area contributed by atoms with E-state index in [0.717, 1.165) is 19.0 Å². The molecule has 0 amide bonds. The summed E-state index contributed by atoms with van der Waals surface area (Å²) in [6.45, 7) is 9.99. The number of rotatable bonds is 7. The fourth-order valence-electron chi connectivity index (χ4n) is 2.01. The highest BCUT2D eigenvalue weighted by Gasteiger charge is 2.10. The highest BCUT2D eigenvalue weighted by Crippen LogP contribution is 2.12. The summed E-state index contributed by atoms with van der Waals surface area (Å²) in [7, 11) is 0. The van der Waals surface area contributed by atoms with Crippen molar-refractivity contribution in [1.29, 1.82) is 0 Å². The summed E-state index contributed by atoms with van der Waals surface area (Å²) in [5.74, 6) is 1.40. The van der Waals surface area contributed by atoms with Crippen LogP contribution in [0.15, 0.2) is 18.3 Å². The number of anilines is 1. The number of nitrogen functional groups attached to an aromatic ring is 1. The Bertz CT molecular complexity index is 304. The lowest BCUT2D eigenvalue weighted by Gasteiger charge is -2.25. The minimum atomic E-state index is 0.594. The van der Waals surface area contributed by atoms with Gasteiger partial charge in [0.2, 0.25) is 0 Å². The molecule has 0 unspecified atom stereocenters. The zero-order chi connectivity index (χ0) is 12.7. The van der Waals surface area contributed by atoms with Gasteiger partial charge in [-0.25, -0.2) is 4.98 Å². The molecule has 1 heterocycles. The van der Waals surface area contributed by atoms with Gasteiger partial charge < -0.3 is 5.73 Å². The van der Waals surface area contributed by atoms with Crippen molar-refractivity contribution in [2.75, 3.05) is 18.8 Å². The summed E-state index contributed by atoms with van der Waals surface area (Å²) in [6, 6.07) is 3.94. The van der Waals surface area contributed by atoms with Gasteiger partial charge in [0, 0.05) is 19.3 Å². The van der Waals surface area contributed by atoms with E-state index >= 15 is 0 Å². The van der Waals surface area contributed by atoms with Crippen LogP contribution in [0, 0.1) is 5.92 Å². The Labute approximate surface area is 105 Å². The zero-order valence-electron chi connectivity index (χ0n) is 11.3. The molecular formula is C14H25N3. The summed E-state index contributed by atoms with van der Waals surface area (Å²) in [5, 5.41) is 0. The zero-order valence-corrected chi connectivity index (χ0v) is 11.3. The molecule has 0 aliphatic rings. The second-order valence-electron chi connectivity index (χ2n) is 4.60. The number of nitrogens with two attached hydrogens (primary N) is 1. The number of hydrogen-bond acceptors (Lipinski definition) is 3. The number of nitrogens with zero attached hydrogens (tertiary/aromatic N) is 2. The standard InChI is InChI=1S/C14H25N3/c1-4-12(5-2)10-17(6-3)11-13-7-8-14(15)16-9-13/h7-9,12H,4-6,10-11H2,1-3H3,(H2,15,16). The molecule has 2 N–H and O–H groups in total. The van der Waals surface area contributed by atoms with E-state index < -0.39 is 0 Å². The van der Waals surface area contributed by atoms with E-state index in [1.54, 1.807) is 0 Å². The van der Waals surface area contributed by atoms with Gasteiger partial charge in [-0.3, -0.25) is 4.90 Å². The largest absolute Gasteiger partial charge is 0.384 e. The van der Waals surface area contributed by atoms with Gasteiger partial charge in [-0.1, -0.05) is 39.7 Å². The van der Waals surface area contributed by atoms with Crippen LogP contribution in [0.25, 0.3) is 0 Å². The van der Waals surface area contributed by atoms with E-state index in [1.807, 2.05) is 12.3 Å². The maximum Gasteiger partial charge on any atom is 0.123 e. The predicted octanol–water partition coefficient (Wildman–Crippen LogP) is 2.92. The molecule has 0 radical (unpaired) electrons. The number of pyridine rings is 1. The Morgan fingerprint density at radius 3 is 2.41 bits per heavy atom. The van der Waals surface area contributed by atoms with Crippen LogP contribution in [0.2, 0.25) is 0 Å². The van der Waals surface area contributed by atoms with Crippen LogP contribution >= 0.6 is 0 Å². The molecule has 0 aromatic carbocycles. The van der Waals surface area contributed by atoms with E-state index in [4.69, 9.17) is 5.73 Å². The van der Waals surface area contributed by atoms with Crippen LogP contribution < -0.4 is 5.73 Å². The van der Waals surface area contributed by atoms with Gasteiger partial charge in [-0.05, 0) is 24.1 Å². The van der Waals surface area contributed by atoms with Crippen molar-refractivity contribution in [2.24, 2.45) is 5.92 Å². The SMILES string of the molecule is CCC(CC)CN(CC)Cc1ccc(N)nc1. The van der Waals surface area contributed by atoms with Crippen LogP contribution in [-0.2, 0) is 6.54 Å². The average molecular weight is 235 g/mol. The number of aromatic nitrogens is 1. The molecule has 1 aromatic heterocycles. The normalized spacial score (nSPS) is 11.4. The molecule has 3 nitrogen and oxygen atoms in total. The highest BCUT2D eigenvalue weighted by atomic mass is 15.1. The van der Waals surface area contributed by atoms with E-state index in [-0.39, 0.29) is 0 Å². The van der Waals surface area contributed by atoms with Gasteiger partial charge >= 0.3 is 0 Å². The molecule has 0 atom stereocenters. The van der Waals surface area contributed by atoms with Crippen LogP contribution in [-0.4, -0.2) is 23.0 Å². The van der Waals surface area contributed by atoms with Crippen molar-refractivity contribution in [2.45, 2.75) is 40.2 Å². The topological polar surface area (TPSA) is 42.1 Å². The molecule has 0 fully saturated rings. The molecule has 0 bridgehead atoms. The number of hydrogen-bond donors (Lipinski definition) is 1. The van der Waals surface area contributed by atoms with E-state index in [0.29, 0.717) is 5.82 Å². The van der Waals surface area contributed by atoms with Crippen LogP contribution in [0.4, 0.5) is 5.82 Å². The summed E-state index contributed by atoms with van der Waals surface area (Å²) < 4.78 is 0. The lowest BCUT2D eigenvalue weighted by Crippen LogP contribution is -2.28. The van der Waals surface area contributed by atoms with Crippen molar-refractivity contribution < 1.29 is 0 Å². The highest BCUT2D eigenvalue weighted by molar-refractivity contribution is 5.29. The fraction of sp³-hybridized carbons (Fsp3) is 0.643. The first-order valence-electron chi connectivity index (χ1n) is 6.62. The maximum atomic E-state index is 5.59. The van der Waals surface area contributed by atoms with Gasteiger partial charge in [0.15, 0.2) is 0 Å². The molecular weight excluding hydrogens is 210 g/mol. The second-order valence-corrected chi connectivity index (χ2v) is 4.60. The van der Waals surface area contributed by atoms with E-state index in [2.05, 4.69) is 36.7 Å². The van der Waals surface area contributed by atoms with E-state index in [1.165, 1.54) is 24.9 Å². The second kappa shape index (κ2) is 7.28. The third-order valence-electron chi connectivity index (χ3n) is 3.37. The Kier molecular flexibility index (Phi) is 5.98. The first-order valence-corrected chi connectivity index (χ1v) is 6.62. The summed E-state index contributed by atoms with van der Waals surface area (Å²) >= 11 is 0. The molecule has 17 heavy (non-hydrogen) atoms. The maximum absolute atomic E-state index is 5.59. The van der Waals surface area contributed by atoms with Gasteiger partial charge in [-0.15, -0.1) is 0 Å². The fourth-order valence-corrected chi connectivity index (χ4v) is 2.01. The summed E-state index contributed by atoms with van der Waals surface area (Å²) in [6.07, 6.45) is 4.39. The van der Waals surface area contributed by atoms with Crippen LogP contribution in [0.3, 0.4) is 0 Å². The molecule has 0 aliphatic heterocycles. The minimum absolute atomic E-state index is 0.594. The molecule has 96 valence electrons. The lowest BCUT2D eigenvalue weighted by atomic mass is 10.0. The average Bonchev–Trinajstić information content (AvgIpc) is 2.37. The third-order valence-corrected chi connectivity index (χ3v) is 3.37. The third kappa shape index (κ3) is 4.73. The van der Waals surface area contributed by atoms with Crippen LogP contribution in [0.1, 0.15) is 39.2 Å². The van der Waals surface area contributed by atoms with Gasteiger partial charge in [0.25, 0.3) is 0 Å². The van der Waals surface area contributed by atoms with Crippen molar-refractivity contribution >= 4 is 5.82 Å². The first kappa shape index (κ1) is 14.0. The molecule has 0 saturated carbocycles. The van der Waals surface area contributed by atoms with Gasteiger partial charge in [0.1, 0.15) is 5.82 Å². The minimum Gasteiger partial charge on any atom is -0.384 e. The van der Waals surface area contributed by atoms with Crippen molar-refractivity contribution in [3.63, 3.8) is 0 Å². The van der Waals surface area contributed by atoms with Crippen LogP contribution in [0.5, 0.6) is 0 Å². The monoisotopic (exact) mass is 235 g/mol. The molecule has 0 spiro atoms. The molecule has 0 saturated heterocycles. The predicted molar refractivity (Wildman–Crippen MR) is 73.7 cm³/mol. The molecule has 0 aliphatic carbocycles. The quantitative estimate of drug-likeness (QED) is 0.790. The first-order chi connectivity index (χ1) is 8.19. The Morgan fingerprint density at radius 1 is 1.24 bits per heavy atom. The van der Waals surface area contributed by atoms with Crippen molar-refractivity contribution in [3.05, 3.63) is 23.9 Å². The van der Waals surface area contributed by atoms with Gasteiger partial charge in [-0.2, -0.15) is 0 Å². The lowest BCUT2D eigenvalue weighted by molar-refractivity contribution is 0.226. The molecule has 1 rings (SSSR count). The Balaban J connectivity index is 2.54. The molecule has 1 aromatic rings. The Morgan fingerprint density at radius 2 is 1.94 bits per heavy atom. The van der Waals surface area contributed by atoms with E-state index in [9.17, 15) is 0 Å². The Hall–Kier alpha value is -1.09. The van der Waals surface area contributed by atoms with Crippen molar-refractivity contribution in [1.82, 2.24) is 9.88 Å². The van der Waals surface area contributed by atoms with Gasteiger partial charge in [0.05, 0.1) is 0 Å². The smallest absolute Gasteiger partial charge is 0.123 e. The van der Waals surface area contributed by atoms with Crippen molar-refractivity contribution in [3.8, 4) is 0 Å². The molecule has 3 heteroatoms. The summed E-state index contributed by atoms with van der Waals surface area (Å²) in [4.78, 5) is 6.61.